The van der Waals surface area contributed by atoms with Crippen LogP contribution in [0.4, 0.5) is 0 Å². The van der Waals surface area contributed by atoms with Crippen LogP contribution in [-0.4, -0.2) is 45.9 Å². The van der Waals surface area contributed by atoms with Crippen LogP contribution in [0.5, 0.6) is 0 Å². The van der Waals surface area contributed by atoms with Gasteiger partial charge in [-0.25, -0.2) is 0 Å². The second-order valence-corrected chi connectivity index (χ2v) is 8.07. The number of hydrogen-bond donors (Lipinski definition) is 0. The Kier molecular flexibility index (Phi) is 8.38. The van der Waals surface area contributed by atoms with Gasteiger partial charge in [0.05, 0.1) is 6.10 Å². The van der Waals surface area contributed by atoms with Gasteiger partial charge in [0, 0.05) is 18.7 Å². The summed E-state index contributed by atoms with van der Waals surface area (Å²) in [5.41, 5.74) is 0.782. The lowest BCUT2D eigenvalue weighted by Crippen LogP contribution is -2.56. The summed E-state index contributed by atoms with van der Waals surface area (Å²) in [6.07, 6.45) is 2.89. The van der Waals surface area contributed by atoms with Gasteiger partial charge in [0.1, 0.15) is 11.3 Å². The molecule has 0 bridgehead atoms. The SMILES string of the molecule is CCN1C(=O)C(=C(OC(C)CCCC(C)C)c2ccccc2)C(=O)N(CC)C1=S. The van der Waals surface area contributed by atoms with Gasteiger partial charge in [0.2, 0.25) is 0 Å². The van der Waals surface area contributed by atoms with Gasteiger partial charge in [-0.05, 0) is 51.7 Å². The molecule has 0 radical (unpaired) electrons. The minimum Gasteiger partial charge on any atom is -0.489 e. The highest BCUT2D eigenvalue weighted by molar-refractivity contribution is 7.80. The molecule has 29 heavy (non-hydrogen) atoms. The zero-order valence-corrected chi connectivity index (χ0v) is 18.9. The van der Waals surface area contributed by atoms with Crippen LogP contribution in [0, 0.1) is 5.92 Å². The van der Waals surface area contributed by atoms with Crippen molar-refractivity contribution in [2.45, 2.75) is 60.0 Å². The molecule has 158 valence electrons. The molecule has 1 saturated heterocycles. The number of thiocarbonyl (C=S) groups is 1. The van der Waals surface area contributed by atoms with E-state index in [2.05, 4.69) is 13.8 Å². The molecule has 1 aromatic carbocycles. The molecule has 0 N–H and O–H groups in total. The van der Waals surface area contributed by atoms with Gasteiger partial charge in [-0.2, -0.15) is 0 Å². The van der Waals surface area contributed by atoms with Crippen LogP contribution in [0.1, 0.15) is 59.4 Å². The molecule has 1 aromatic rings. The zero-order chi connectivity index (χ0) is 21.6. The summed E-state index contributed by atoms with van der Waals surface area (Å²) in [6, 6.07) is 9.38. The van der Waals surface area contributed by atoms with Crippen molar-refractivity contribution >= 4 is 34.9 Å². The Morgan fingerprint density at radius 1 is 0.966 bits per heavy atom. The van der Waals surface area contributed by atoms with Gasteiger partial charge in [-0.3, -0.25) is 19.4 Å². The van der Waals surface area contributed by atoms with Crippen LogP contribution in [0.2, 0.25) is 0 Å². The largest absolute Gasteiger partial charge is 0.489 e. The first-order valence-corrected chi connectivity index (χ1v) is 10.9. The Morgan fingerprint density at radius 2 is 1.52 bits per heavy atom. The highest BCUT2D eigenvalue weighted by Crippen LogP contribution is 2.29. The van der Waals surface area contributed by atoms with E-state index in [4.69, 9.17) is 17.0 Å². The van der Waals surface area contributed by atoms with Gasteiger partial charge < -0.3 is 4.74 Å². The van der Waals surface area contributed by atoms with Crippen molar-refractivity contribution in [1.29, 1.82) is 0 Å². The average Bonchev–Trinajstić information content (AvgIpc) is 2.68. The summed E-state index contributed by atoms with van der Waals surface area (Å²) in [4.78, 5) is 29.3. The van der Waals surface area contributed by atoms with Crippen LogP contribution in [0.25, 0.3) is 5.76 Å². The van der Waals surface area contributed by atoms with E-state index in [1.54, 1.807) is 0 Å². The van der Waals surface area contributed by atoms with Crippen molar-refractivity contribution in [2.75, 3.05) is 13.1 Å². The average molecular weight is 417 g/mol. The molecule has 0 spiro atoms. The second kappa shape index (κ2) is 10.5. The normalized spacial score (nSPS) is 15.9. The first-order valence-electron chi connectivity index (χ1n) is 10.5. The Morgan fingerprint density at radius 3 is 2.00 bits per heavy atom. The third-order valence-corrected chi connectivity index (χ3v) is 5.43. The number of likely N-dealkylation sites (N-methyl/N-ethyl adjacent to an activating group) is 2. The Bertz CT molecular complexity index is 746. The van der Waals surface area contributed by atoms with Crippen LogP contribution in [0.3, 0.4) is 0 Å². The maximum atomic E-state index is 13.2. The van der Waals surface area contributed by atoms with Crippen LogP contribution < -0.4 is 0 Å². The lowest BCUT2D eigenvalue weighted by atomic mass is 10.0. The fraction of sp³-hybridized carbons (Fsp3) is 0.522. The predicted molar refractivity (Wildman–Crippen MR) is 120 cm³/mol. The second-order valence-electron chi connectivity index (χ2n) is 7.70. The number of nitrogens with zero attached hydrogens (tertiary/aromatic N) is 2. The van der Waals surface area contributed by atoms with Crippen molar-refractivity contribution in [3.8, 4) is 0 Å². The summed E-state index contributed by atoms with van der Waals surface area (Å²) in [6.45, 7) is 10.9. The van der Waals surface area contributed by atoms with E-state index in [0.29, 0.717) is 24.8 Å². The summed E-state index contributed by atoms with van der Waals surface area (Å²) in [5, 5.41) is 0.256. The zero-order valence-electron chi connectivity index (χ0n) is 18.1. The number of hydrogen-bond acceptors (Lipinski definition) is 4. The molecule has 0 saturated carbocycles. The summed E-state index contributed by atoms with van der Waals surface area (Å²) in [7, 11) is 0. The van der Waals surface area contributed by atoms with Crippen molar-refractivity contribution in [3.63, 3.8) is 0 Å². The molecule has 1 aliphatic heterocycles. The van der Waals surface area contributed by atoms with E-state index < -0.39 is 0 Å². The Labute approximate surface area is 179 Å². The van der Waals surface area contributed by atoms with E-state index in [9.17, 15) is 9.59 Å². The van der Waals surface area contributed by atoms with Gasteiger partial charge >= 0.3 is 0 Å². The van der Waals surface area contributed by atoms with Crippen LogP contribution >= 0.6 is 12.2 Å². The molecular formula is C23H32N2O3S. The first kappa shape index (κ1) is 23.1. The maximum Gasteiger partial charge on any atom is 0.269 e. The number of carbonyl (C=O) groups excluding carboxylic acids is 2. The number of benzene rings is 1. The molecule has 0 aromatic heterocycles. The summed E-state index contributed by atoms with van der Waals surface area (Å²) >= 11 is 5.37. The molecule has 5 nitrogen and oxygen atoms in total. The van der Waals surface area contributed by atoms with Crippen LogP contribution in [0.15, 0.2) is 35.9 Å². The highest BCUT2D eigenvalue weighted by atomic mass is 32.1. The van der Waals surface area contributed by atoms with Crippen molar-refractivity contribution in [2.24, 2.45) is 5.92 Å². The van der Waals surface area contributed by atoms with Crippen LogP contribution in [-0.2, 0) is 14.3 Å². The molecule has 2 amide bonds. The number of carbonyl (C=O) groups is 2. The van der Waals surface area contributed by atoms with E-state index in [-0.39, 0.29) is 28.6 Å². The van der Waals surface area contributed by atoms with E-state index in [1.165, 1.54) is 9.80 Å². The Balaban J connectivity index is 2.47. The fourth-order valence-electron chi connectivity index (χ4n) is 3.37. The molecule has 1 aliphatic rings. The molecule has 1 unspecified atom stereocenters. The van der Waals surface area contributed by atoms with Crippen molar-refractivity contribution in [1.82, 2.24) is 9.80 Å². The summed E-state index contributed by atoms with van der Waals surface area (Å²) in [5.74, 6) is 0.200. The monoisotopic (exact) mass is 416 g/mol. The molecule has 6 heteroatoms. The molecule has 1 atom stereocenters. The maximum absolute atomic E-state index is 13.2. The molecular weight excluding hydrogens is 384 g/mol. The van der Waals surface area contributed by atoms with Gasteiger partial charge in [0.25, 0.3) is 11.8 Å². The van der Waals surface area contributed by atoms with Crippen molar-refractivity contribution in [3.05, 3.63) is 41.5 Å². The van der Waals surface area contributed by atoms with Gasteiger partial charge in [0.15, 0.2) is 5.11 Å². The van der Waals surface area contributed by atoms with Gasteiger partial charge in [-0.15, -0.1) is 0 Å². The minimum absolute atomic E-state index is 0.0595. The Hall–Kier alpha value is -2.21. The quantitative estimate of drug-likeness (QED) is 0.255. The minimum atomic E-state index is -0.388. The lowest BCUT2D eigenvalue weighted by molar-refractivity contribution is -0.133. The number of amides is 2. The molecule has 1 heterocycles. The third-order valence-electron chi connectivity index (χ3n) is 4.99. The van der Waals surface area contributed by atoms with E-state index in [1.807, 2.05) is 51.1 Å². The first-order chi connectivity index (χ1) is 13.8. The fourth-order valence-corrected chi connectivity index (χ4v) is 3.79. The van der Waals surface area contributed by atoms with E-state index >= 15 is 0 Å². The molecule has 1 fully saturated rings. The highest BCUT2D eigenvalue weighted by Gasteiger charge is 2.41. The third kappa shape index (κ3) is 5.44. The molecule has 2 rings (SSSR count). The van der Waals surface area contributed by atoms with Gasteiger partial charge in [-0.1, -0.05) is 50.6 Å². The number of ether oxygens (including phenoxy) is 1. The smallest absolute Gasteiger partial charge is 0.269 e. The predicted octanol–water partition coefficient (Wildman–Crippen LogP) is 4.62. The number of rotatable bonds is 9. The summed E-state index contributed by atoms with van der Waals surface area (Å²) < 4.78 is 6.26. The standard InChI is InChI=1S/C23H32N2O3S/c1-6-24-21(26)19(22(27)25(7-2)23(24)29)20(18-14-9-8-10-15-18)28-17(5)13-11-12-16(3)4/h8-10,14-17H,6-7,11-13H2,1-5H3. The molecule has 0 aliphatic carbocycles. The lowest BCUT2D eigenvalue weighted by Gasteiger charge is -2.36. The van der Waals surface area contributed by atoms with E-state index in [0.717, 1.165) is 24.8 Å². The topological polar surface area (TPSA) is 49.9 Å². The van der Waals surface area contributed by atoms with Crippen molar-refractivity contribution < 1.29 is 14.3 Å².